The highest BCUT2D eigenvalue weighted by atomic mass is 15.1. The third-order valence-electron chi connectivity index (χ3n) is 5.17. The lowest BCUT2D eigenvalue weighted by Crippen LogP contribution is -2.32. The Bertz CT molecular complexity index is 240. The number of nitrogens with zero attached hydrogens (tertiary/aromatic N) is 1. The largest absolute Gasteiger partial charge is 0.314 e. The normalized spacial score (nSPS) is 24.9. The molecule has 0 saturated heterocycles. The van der Waals surface area contributed by atoms with Gasteiger partial charge < -0.3 is 10.2 Å². The van der Waals surface area contributed by atoms with Gasteiger partial charge in [-0.25, -0.2) is 0 Å². The summed E-state index contributed by atoms with van der Waals surface area (Å²) in [6, 6.07) is 0.777. The van der Waals surface area contributed by atoms with Crippen molar-refractivity contribution in [2.45, 2.75) is 79.2 Å². The standard InChI is InChI=1S/C18H38N2/c1-6-20(7-2)15-9-14-19-17-11-8-10-16(12-13-17)18(3,4)5/h16-17,19H,6-15H2,1-5H3. The zero-order chi connectivity index (χ0) is 15.0. The molecule has 2 atom stereocenters. The maximum absolute atomic E-state index is 3.81. The summed E-state index contributed by atoms with van der Waals surface area (Å²) in [6.07, 6.45) is 8.32. The van der Waals surface area contributed by atoms with Gasteiger partial charge in [0.1, 0.15) is 0 Å². The van der Waals surface area contributed by atoms with Gasteiger partial charge in [-0.1, -0.05) is 41.0 Å². The lowest BCUT2D eigenvalue weighted by atomic mass is 9.76. The van der Waals surface area contributed by atoms with Crippen molar-refractivity contribution in [3.05, 3.63) is 0 Å². The lowest BCUT2D eigenvalue weighted by Gasteiger charge is -2.29. The van der Waals surface area contributed by atoms with Crippen molar-refractivity contribution in [2.75, 3.05) is 26.2 Å². The van der Waals surface area contributed by atoms with Gasteiger partial charge in [0.05, 0.1) is 0 Å². The van der Waals surface area contributed by atoms with E-state index in [0.717, 1.165) is 12.0 Å². The summed E-state index contributed by atoms with van der Waals surface area (Å²) < 4.78 is 0. The Hall–Kier alpha value is -0.0800. The minimum absolute atomic E-state index is 0.498. The molecule has 2 heteroatoms. The molecule has 0 aromatic carbocycles. The van der Waals surface area contributed by atoms with Crippen LogP contribution in [0.4, 0.5) is 0 Å². The van der Waals surface area contributed by atoms with E-state index in [9.17, 15) is 0 Å². The van der Waals surface area contributed by atoms with Crippen LogP contribution in [-0.2, 0) is 0 Å². The third-order valence-corrected chi connectivity index (χ3v) is 5.17. The first kappa shape index (κ1) is 18.0. The van der Waals surface area contributed by atoms with Gasteiger partial charge in [0.25, 0.3) is 0 Å². The van der Waals surface area contributed by atoms with Gasteiger partial charge in [-0.2, -0.15) is 0 Å². The predicted molar refractivity (Wildman–Crippen MR) is 90.2 cm³/mol. The molecule has 120 valence electrons. The quantitative estimate of drug-likeness (QED) is 0.553. The molecule has 0 spiro atoms. The van der Waals surface area contributed by atoms with E-state index in [1.807, 2.05) is 0 Å². The van der Waals surface area contributed by atoms with E-state index < -0.39 is 0 Å². The Morgan fingerprint density at radius 3 is 2.30 bits per heavy atom. The van der Waals surface area contributed by atoms with Crippen LogP contribution in [0.15, 0.2) is 0 Å². The van der Waals surface area contributed by atoms with Crippen molar-refractivity contribution >= 4 is 0 Å². The fourth-order valence-corrected chi connectivity index (χ4v) is 3.52. The molecule has 1 N–H and O–H groups in total. The van der Waals surface area contributed by atoms with E-state index in [2.05, 4.69) is 44.8 Å². The highest BCUT2D eigenvalue weighted by molar-refractivity contribution is 4.81. The maximum atomic E-state index is 3.81. The minimum atomic E-state index is 0.498. The van der Waals surface area contributed by atoms with Crippen LogP contribution in [0.5, 0.6) is 0 Å². The van der Waals surface area contributed by atoms with E-state index in [-0.39, 0.29) is 0 Å². The average molecular weight is 283 g/mol. The second kappa shape index (κ2) is 9.04. The van der Waals surface area contributed by atoms with Crippen LogP contribution in [-0.4, -0.2) is 37.1 Å². The van der Waals surface area contributed by atoms with Crippen molar-refractivity contribution in [2.24, 2.45) is 11.3 Å². The Balaban J connectivity index is 2.19. The Morgan fingerprint density at radius 2 is 1.70 bits per heavy atom. The number of nitrogens with one attached hydrogen (secondary N) is 1. The number of hydrogen-bond acceptors (Lipinski definition) is 2. The number of hydrogen-bond donors (Lipinski definition) is 1. The molecule has 1 aliphatic rings. The summed E-state index contributed by atoms with van der Waals surface area (Å²) in [5, 5.41) is 3.81. The SMILES string of the molecule is CCN(CC)CCCNC1CCCC(C(C)(C)C)CC1. The predicted octanol–water partition coefficient (Wildman–Crippen LogP) is 4.30. The van der Waals surface area contributed by atoms with E-state index in [0.29, 0.717) is 5.41 Å². The molecule has 0 bridgehead atoms. The van der Waals surface area contributed by atoms with E-state index >= 15 is 0 Å². The number of rotatable bonds is 7. The molecule has 0 radical (unpaired) electrons. The minimum Gasteiger partial charge on any atom is -0.314 e. The summed E-state index contributed by atoms with van der Waals surface area (Å²) in [5.41, 5.74) is 0.498. The van der Waals surface area contributed by atoms with Crippen LogP contribution in [0.1, 0.15) is 73.1 Å². The third kappa shape index (κ3) is 6.58. The van der Waals surface area contributed by atoms with Crippen molar-refractivity contribution < 1.29 is 0 Å². The fraction of sp³-hybridized carbons (Fsp3) is 1.00. The van der Waals surface area contributed by atoms with Crippen LogP contribution in [0.2, 0.25) is 0 Å². The molecular formula is C18H38N2. The Labute approximate surface area is 127 Å². The van der Waals surface area contributed by atoms with Crippen LogP contribution >= 0.6 is 0 Å². The highest BCUT2D eigenvalue weighted by Crippen LogP contribution is 2.36. The first-order valence-electron chi connectivity index (χ1n) is 8.93. The van der Waals surface area contributed by atoms with Gasteiger partial charge in [0.15, 0.2) is 0 Å². The summed E-state index contributed by atoms with van der Waals surface area (Å²) in [7, 11) is 0. The summed E-state index contributed by atoms with van der Waals surface area (Å²) >= 11 is 0. The molecule has 2 unspecified atom stereocenters. The maximum Gasteiger partial charge on any atom is 0.00671 e. The Kier molecular flexibility index (Phi) is 8.13. The monoisotopic (exact) mass is 282 g/mol. The van der Waals surface area contributed by atoms with E-state index in [4.69, 9.17) is 0 Å². The van der Waals surface area contributed by atoms with Gasteiger partial charge in [0.2, 0.25) is 0 Å². The topological polar surface area (TPSA) is 15.3 Å². The Morgan fingerprint density at radius 1 is 1.00 bits per heavy atom. The van der Waals surface area contributed by atoms with Gasteiger partial charge in [-0.15, -0.1) is 0 Å². The van der Waals surface area contributed by atoms with Crippen molar-refractivity contribution in [3.8, 4) is 0 Å². The van der Waals surface area contributed by atoms with Gasteiger partial charge in [0, 0.05) is 6.04 Å². The second-order valence-corrected chi connectivity index (χ2v) is 7.60. The van der Waals surface area contributed by atoms with Crippen molar-refractivity contribution in [1.82, 2.24) is 10.2 Å². The molecule has 0 aromatic heterocycles. The molecule has 1 rings (SSSR count). The average Bonchev–Trinajstić information content (AvgIpc) is 2.64. The van der Waals surface area contributed by atoms with E-state index in [1.165, 1.54) is 64.7 Å². The zero-order valence-corrected chi connectivity index (χ0v) is 14.7. The molecule has 1 fully saturated rings. The second-order valence-electron chi connectivity index (χ2n) is 7.60. The molecule has 0 heterocycles. The summed E-state index contributed by atoms with van der Waals surface area (Å²) in [6.45, 7) is 16.6. The molecule has 0 aliphatic heterocycles. The van der Waals surface area contributed by atoms with Gasteiger partial charge in [-0.3, -0.25) is 0 Å². The van der Waals surface area contributed by atoms with Gasteiger partial charge >= 0.3 is 0 Å². The fourth-order valence-electron chi connectivity index (χ4n) is 3.52. The molecular weight excluding hydrogens is 244 g/mol. The zero-order valence-electron chi connectivity index (χ0n) is 14.7. The summed E-state index contributed by atoms with van der Waals surface area (Å²) in [4.78, 5) is 2.52. The first-order valence-corrected chi connectivity index (χ1v) is 8.93. The molecule has 0 amide bonds. The van der Waals surface area contributed by atoms with Crippen molar-refractivity contribution in [3.63, 3.8) is 0 Å². The smallest absolute Gasteiger partial charge is 0.00671 e. The molecule has 1 aliphatic carbocycles. The van der Waals surface area contributed by atoms with Crippen molar-refractivity contribution in [1.29, 1.82) is 0 Å². The van der Waals surface area contributed by atoms with Crippen LogP contribution < -0.4 is 5.32 Å². The van der Waals surface area contributed by atoms with Gasteiger partial charge in [-0.05, 0) is 69.6 Å². The molecule has 0 aromatic rings. The lowest BCUT2D eigenvalue weighted by molar-refractivity contribution is 0.213. The van der Waals surface area contributed by atoms with Crippen LogP contribution in [0, 0.1) is 11.3 Å². The van der Waals surface area contributed by atoms with Crippen LogP contribution in [0.25, 0.3) is 0 Å². The molecule has 20 heavy (non-hydrogen) atoms. The molecule has 2 nitrogen and oxygen atoms in total. The van der Waals surface area contributed by atoms with E-state index in [1.54, 1.807) is 0 Å². The van der Waals surface area contributed by atoms with Crippen LogP contribution in [0.3, 0.4) is 0 Å². The first-order chi connectivity index (χ1) is 9.47. The highest BCUT2D eigenvalue weighted by Gasteiger charge is 2.27. The summed E-state index contributed by atoms with van der Waals surface area (Å²) in [5.74, 6) is 0.921. The molecule has 1 saturated carbocycles.